The van der Waals surface area contributed by atoms with Crippen molar-refractivity contribution in [1.82, 2.24) is 20.4 Å². The molecule has 1 aromatic rings. The lowest BCUT2D eigenvalue weighted by atomic mass is 10.1. The normalized spacial score (nSPS) is 20.4. The van der Waals surface area contributed by atoms with Gasteiger partial charge in [-0.2, -0.15) is 4.98 Å². The van der Waals surface area contributed by atoms with Gasteiger partial charge in [0.05, 0.1) is 6.54 Å². The first-order valence-electron chi connectivity index (χ1n) is 6.97. The molecule has 6 heteroatoms. The molecule has 0 saturated carbocycles. The second-order valence-corrected chi connectivity index (χ2v) is 5.10. The Morgan fingerprint density at radius 3 is 3.11 bits per heavy atom. The van der Waals surface area contributed by atoms with Crippen molar-refractivity contribution in [2.75, 3.05) is 13.6 Å². The van der Waals surface area contributed by atoms with E-state index in [1.165, 1.54) is 0 Å². The van der Waals surface area contributed by atoms with Crippen LogP contribution >= 0.6 is 0 Å². The Bertz CT molecular complexity index is 419. The fourth-order valence-electron chi connectivity index (χ4n) is 2.37. The molecule has 106 valence electrons. The third-order valence-electron chi connectivity index (χ3n) is 3.50. The molecule has 1 saturated heterocycles. The number of rotatable bonds is 5. The second kappa shape index (κ2) is 6.65. The van der Waals surface area contributed by atoms with Crippen LogP contribution in [0.1, 0.15) is 44.3 Å². The molecule has 1 fully saturated rings. The van der Waals surface area contributed by atoms with Gasteiger partial charge in [0.1, 0.15) is 0 Å². The minimum atomic E-state index is 0.152. The largest absolute Gasteiger partial charge is 0.356 e. The van der Waals surface area contributed by atoms with Crippen molar-refractivity contribution in [3.05, 3.63) is 11.7 Å². The summed E-state index contributed by atoms with van der Waals surface area (Å²) in [4.78, 5) is 17.9. The van der Waals surface area contributed by atoms with Crippen LogP contribution in [0.3, 0.4) is 0 Å². The van der Waals surface area contributed by atoms with Gasteiger partial charge in [0.15, 0.2) is 5.82 Å². The van der Waals surface area contributed by atoms with Gasteiger partial charge >= 0.3 is 0 Å². The quantitative estimate of drug-likeness (QED) is 0.864. The maximum Gasteiger partial charge on any atom is 0.240 e. The summed E-state index contributed by atoms with van der Waals surface area (Å²) in [6.45, 7) is 3.49. The number of carbonyl (C=O) groups excluding carboxylic acids is 1. The number of hydrogen-bond acceptors (Lipinski definition) is 5. The smallest absolute Gasteiger partial charge is 0.240 e. The van der Waals surface area contributed by atoms with Crippen molar-refractivity contribution < 1.29 is 9.32 Å². The Labute approximate surface area is 113 Å². The summed E-state index contributed by atoms with van der Waals surface area (Å²) in [5.74, 6) is 1.59. The number of nitrogens with zero attached hydrogens (tertiary/aromatic N) is 3. The summed E-state index contributed by atoms with van der Waals surface area (Å²) < 4.78 is 5.25. The molecule has 0 aromatic carbocycles. The minimum absolute atomic E-state index is 0.152. The van der Waals surface area contributed by atoms with Crippen LogP contribution in [0.2, 0.25) is 0 Å². The first kappa shape index (κ1) is 14.0. The number of hydrogen-bond donors (Lipinski definition) is 1. The molecule has 1 N–H and O–H groups in total. The summed E-state index contributed by atoms with van der Waals surface area (Å²) in [5, 5.41) is 6.85. The third kappa shape index (κ3) is 4.02. The van der Waals surface area contributed by atoms with Gasteiger partial charge in [0, 0.05) is 25.4 Å². The van der Waals surface area contributed by atoms with Crippen molar-refractivity contribution >= 4 is 5.91 Å². The lowest BCUT2D eigenvalue weighted by Gasteiger charge is -2.24. The molecule has 0 bridgehead atoms. The maximum absolute atomic E-state index is 11.3. The molecule has 2 heterocycles. The molecule has 0 radical (unpaired) electrons. The molecule has 1 amide bonds. The van der Waals surface area contributed by atoms with Gasteiger partial charge < -0.3 is 9.84 Å². The number of aromatic nitrogens is 2. The Kier molecular flexibility index (Phi) is 4.90. The maximum atomic E-state index is 11.3. The van der Waals surface area contributed by atoms with E-state index < -0.39 is 0 Å². The molecule has 6 nitrogen and oxygen atoms in total. The Hall–Kier alpha value is -1.43. The van der Waals surface area contributed by atoms with Crippen LogP contribution in [0, 0.1) is 0 Å². The highest BCUT2D eigenvalue weighted by atomic mass is 16.5. The van der Waals surface area contributed by atoms with E-state index >= 15 is 0 Å². The van der Waals surface area contributed by atoms with Gasteiger partial charge in [0.25, 0.3) is 0 Å². The Morgan fingerprint density at radius 2 is 2.32 bits per heavy atom. The molecule has 1 aromatic heterocycles. The summed E-state index contributed by atoms with van der Waals surface area (Å²) in [6, 6.07) is 0.389. The predicted octanol–water partition coefficient (Wildman–Crippen LogP) is 1.12. The zero-order valence-electron chi connectivity index (χ0n) is 11.7. The van der Waals surface area contributed by atoms with Crippen LogP contribution in [0.5, 0.6) is 0 Å². The highest BCUT2D eigenvalue weighted by Crippen LogP contribution is 2.14. The molecule has 1 aliphatic rings. The van der Waals surface area contributed by atoms with E-state index in [4.69, 9.17) is 4.52 Å². The molecule has 19 heavy (non-hydrogen) atoms. The zero-order chi connectivity index (χ0) is 13.7. The summed E-state index contributed by atoms with van der Waals surface area (Å²) >= 11 is 0. The van der Waals surface area contributed by atoms with Gasteiger partial charge in [-0.1, -0.05) is 12.1 Å². The fourth-order valence-corrected chi connectivity index (χ4v) is 2.37. The average molecular weight is 266 g/mol. The zero-order valence-corrected chi connectivity index (χ0v) is 11.7. The van der Waals surface area contributed by atoms with Gasteiger partial charge in [-0.3, -0.25) is 9.69 Å². The standard InChI is InChI=1S/C13H22N4O2/c1-3-4-11-15-13(19-16-11)9-17(2)10-5-6-12(18)14-8-7-10/h10H,3-9H2,1-2H3,(H,14,18). The van der Waals surface area contributed by atoms with E-state index in [1.54, 1.807) is 0 Å². The van der Waals surface area contributed by atoms with Crippen LogP contribution in [-0.4, -0.2) is 40.6 Å². The number of carbonyl (C=O) groups is 1. The molecule has 1 aliphatic heterocycles. The van der Waals surface area contributed by atoms with E-state index in [-0.39, 0.29) is 5.91 Å². The van der Waals surface area contributed by atoms with Crippen molar-refractivity contribution in [3.63, 3.8) is 0 Å². The van der Waals surface area contributed by atoms with Crippen LogP contribution in [0.4, 0.5) is 0 Å². The van der Waals surface area contributed by atoms with Gasteiger partial charge in [-0.05, 0) is 26.3 Å². The third-order valence-corrected chi connectivity index (χ3v) is 3.50. The summed E-state index contributed by atoms with van der Waals surface area (Å²) in [7, 11) is 2.05. The Balaban J connectivity index is 1.88. The number of amides is 1. The minimum Gasteiger partial charge on any atom is -0.356 e. The highest BCUT2D eigenvalue weighted by molar-refractivity contribution is 5.76. The van der Waals surface area contributed by atoms with Gasteiger partial charge in [0.2, 0.25) is 11.8 Å². The Morgan fingerprint density at radius 1 is 1.47 bits per heavy atom. The number of aryl methyl sites for hydroxylation is 1. The molecule has 0 spiro atoms. The molecule has 1 atom stereocenters. The van der Waals surface area contributed by atoms with E-state index in [1.807, 2.05) is 7.05 Å². The predicted molar refractivity (Wildman–Crippen MR) is 70.4 cm³/mol. The second-order valence-electron chi connectivity index (χ2n) is 5.10. The lowest BCUT2D eigenvalue weighted by molar-refractivity contribution is -0.120. The molecular formula is C13H22N4O2. The van der Waals surface area contributed by atoms with Crippen molar-refractivity contribution in [3.8, 4) is 0 Å². The van der Waals surface area contributed by atoms with Crippen LogP contribution in [0.15, 0.2) is 4.52 Å². The van der Waals surface area contributed by atoms with Crippen LogP contribution in [0.25, 0.3) is 0 Å². The average Bonchev–Trinajstić information content (AvgIpc) is 2.69. The lowest BCUT2D eigenvalue weighted by Crippen LogP contribution is -2.32. The van der Waals surface area contributed by atoms with E-state index in [9.17, 15) is 4.79 Å². The van der Waals surface area contributed by atoms with Crippen molar-refractivity contribution in [2.24, 2.45) is 0 Å². The fraction of sp³-hybridized carbons (Fsp3) is 0.769. The molecule has 1 unspecified atom stereocenters. The number of nitrogens with one attached hydrogen (secondary N) is 1. The van der Waals surface area contributed by atoms with E-state index in [0.29, 0.717) is 24.9 Å². The van der Waals surface area contributed by atoms with Crippen LogP contribution < -0.4 is 5.32 Å². The van der Waals surface area contributed by atoms with Gasteiger partial charge in [-0.25, -0.2) is 0 Å². The van der Waals surface area contributed by atoms with Crippen molar-refractivity contribution in [2.45, 2.75) is 51.6 Å². The SMILES string of the molecule is CCCc1noc(CN(C)C2CCNC(=O)CC2)n1. The van der Waals surface area contributed by atoms with Crippen LogP contribution in [-0.2, 0) is 17.8 Å². The first-order valence-corrected chi connectivity index (χ1v) is 6.97. The summed E-state index contributed by atoms with van der Waals surface area (Å²) in [6.07, 6.45) is 4.33. The first-order chi connectivity index (χ1) is 9.19. The van der Waals surface area contributed by atoms with Crippen molar-refractivity contribution in [1.29, 1.82) is 0 Å². The van der Waals surface area contributed by atoms with E-state index in [0.717, 1.165) is 38.1 Å². The molecule has 0 aliphatic carbocycles. The monoisotopic (exact) mass is 266 g/mol. The highest BCUT2D eigenvalue weighted by Gasteiger charge is 2.21. The topological polar surface area (TPSA) is 71.3 Å². The van der Waals surface area contributed by atoms with E-state index in [2.05, 4.69) is 27.3 Å². The molecule has 2 rings (SSSR count). The molecular weight excluding hydrogens is 244 g/mol. The summed E-state index contributed by atoms with van der Waals surface area (Å²) in [5.41, 5.74) is 0. The van der Waals surface area contributed by atoms with Gasteiger partial charge in [-0.15, -0.1) is 0 Å².